The van der Waals surface area contributed by atoms with Crippen LogP contribution in [0.5, 0.6) is 0 Å². The van der Waals surface area contributed by atoms with Gasteiger partial charge >= 0.3 is 0 Å². The number of thioether (sulfide) groups is 1. The van der Waals surface area contributed by atoms with Crippen molar-refractivity contribution in [1.82, 2.24) is 5.32 Å². The number of hydrogen-bond acceptors (Lipinski definition) is 3. The third-order valence-electron chi connectivity index (χ3n) is 2.96. The summed E-state index contributed by atoms with van der Waals surface area (Å²) in [6.45, 7) is 4.73. The maximum atomic E-state index is 11.8. The first-order valence-corrected chi connectivity index (χ1v) is 7.49. The zero-order valence-corrected chi connectivity index (χ0v) is 11.7. The van der Waals surface area contributed by atoms with E-state index in [2.05, 4.69) is 24.0 Å². The van der Waals surface area contributed by atoms with E-state index in [9.17, 15) is 4.79 Å². The highest BCUT2D eigenvalue weighted by atomic mass is 32.2. The number of amides is 1. The molecule has 1 heterocycles. The molecule has 0 saturated heterocycles. The van der Waals surface area contributed by atoms with E-state index in [4.69, 9.17) is 4.74 Å². The van der Waals surface area contributed by atoms with E-state index in [-0.39, 0.29) is 11.9 Å². The molecule has 0 fully saturated rings. The van der Waals surface area contributed by atoms with Crippen LogP contribution in [0.25, 0.3) is 0 Å². The zero-order chi connectivity index (χ0) is 13.5. The average Bonchev–Trinajstić information content (AvgIpc) is 2.82. The number of carbonyl (C=O) groups excluding carboxylic acids is 1. The van der Waals surface area contributed by atoms with Crippen molar-refractivity contribution in [3.63, 3.8) is 0 Å². The lowest BCUT2D eigenvalue weighted by Gasteiger charge is -2.13. The number of ether oxygens (including phenoxy) is 1. The van der Waals surface area contributed by atoms with Crippen molar-refractivity contribution in [3.8, 4) is 0 Å². The van der Waals surface area contributed by atoms with E-state index in [0.717, 1.165) is 12.2 Å². The smallest absolute Gasteiger partial charge is 0.220 e. The topological polar surface area (TPSA) is 38.3 Å². The fraction of sp³-hybridized carbons (Fsp3) is 0.400. The van der Waals surface area contributed by atoms with Gasteiger partial charge in [-0.25, -0.2) is 0 Å². The highest BCUT2D eigenvalue weighted by Crippen LogP contribution is 2.37. The highest BCUT2D eigenvalue weighted by molar-refractivity contribution is 7.99. The van der Waals surface area contributed by atoms with Crippen molar-refractivity contribution in [2.24, 2.45) is 0 Å². The number of hydrogen-bond donors (Lipinski definition) is 1. The van der Waals surface area contributed by atoms with Gasteiger partial charge in [0, 0.05) is 23.7 Å². The molecule has 1 N–H and O–H groups in total. The van der Waals surface area contributed by atoms with Crippen LogP contribution in [0.4, 0.5) is 0 Å². The van der Waals surface area contributed by atoms with Crippen molar-refractivity contribution in [2.45, 2.75) is 23.8 Å². The Kier molecular flexibility index (Phi) is 5.48. The molecule has 102 valence electrons. The largest absolute Gasteiger partial charge is 0.377 e. The first-order valence-electron chi connectivity index (χ1n) is 6.51. The third kappa shape index (κ3) is 4.11. The number of benzene rings is 1. The van der Waals surface area contributed by atoms with Crippen molar-refractivity contribution >= 4 is 17.7 Å². The Bertz CT molecular complexity index is 448. The SMILES string of the molecule is C=CCOCCCC(=O)N[C@@H]1CSc2ccccc21. The van der Waals surface area contributed by atoms with Crippen LogP contribution in [0.2, 0.25) is 0 Å². The number of rotatable bonds is 7. The van der Waals surface area contributed by atoms with Gasteiger partial charge in [0.1, 0.15) is 0 Å². The third-order valence-corrected chi connectivity index (χ3v) is 4.15. The molecule has 1 aromatic rings. The van der Waals surface area contributed by atoms with E-state index >= 15 is 0 Å². The van der Waals surface area contributed by atoms with Gasteiger partial charge in [-0.15, -0.1) is 18.3 Å². The van der Waals surface area contributed by atoms with E-state index in [1.54, 1.807) is 17.8 Å². The predicted molar refractivity (Wildman–Crippen MR) is 78.3 cm³/mol. The molecular weight excluding hydrogens is 258 g/mol. The molecule has 3 nitrogen and oxygen atoms in total. The summed E-state index contributed by atoms with van der Waals surface area (Å²) in [7, 11) is 0. The summed E-state index contributed by atoms with van der Waals surface area (Å²) >= 11 is 1.80. The second-order valence-corrected chi connectivity index (χ2v) is 5.50. The molecule has 0 unspecified atom stereocenters. The summed E-state index contributed by atoms with van der Waals surface area (Å²) in [6, 6.07) is 8.41. The Morgan fingerprint density at radius 3 is 3.21 bits per heavy atom. The summed E-state index contributed by atoms with van der Waals surface area (Å²) in [5, 5.41) is 3.09. The van der Waals surface area contributed by atoms with Crippen molar-refractivity contribution < 1.29 is 9.53 Å². The van der Waals surface area contributed by atoms with Crippen LogP contribution in [0.15, 0.2) is 41.8 Å². The van der Waals surface area contributed by atoms with Crippen LogP contribution >= 0.6 is 11.8 Å². The number of carbonyl (C=O) groups is 1. The molecule has 1 aliphatic rings. The van der Waals surface area contributed by atoms with Gasteiger partial charge in [-0.05, 0) is 18.1 Å². The minimum absolute atomic E-state index is 0.101. The van der Waals surface area contributed by atoms with Crippen molar-refractivity contribution in [1.29, 1.82) is 0 Å². The minimum atomic E-state index is 0.101. The lowest BCUT2D eigenvalue weighted by molar-refractivity contribution is -0.122. The summed E-state index contributed by atoms with van der Waals surface area (Å²) < 4.78 is 5.26. The molecule has 1 aromatic carbocycles. The van der Waals surface area contributed by atoms with Crippen LogP contribution in [0, 0.1) is 0 Å². The normalized spacial score (nSPS) is 16.9. The van der Waals surface area contributed by atoms with Crippen molar-refractivity contribution in [3.05, 3.63) is 42.5 Å². The van der Waals surface area contributed by atoms with E-state index < -0.39 is 0 Å². The van der Waals surface area contributed by atoms with Crippen LogP contribution in [0.3, 0.4) is 0 Å². The van der Waals surface area contributed by atoms with Gasteiger partial charge in [0.25, 0.3) is 0 Å². The van der Waals surface area contributed by atoms with E-state index in [0.29, 0.717) is 19.6 Å². The van der Waals surface area contributed by atoms with Gasteiger partial charge in [-0.1, -0.05) is 24.3 Å². The van der Waals surface area contributed by atoms with Crippen LogP contribution in [0.1, 0.15) is 24.4 Å². The second-order valence-electron chi connectivity index (χ2n) is 4.44. The monoisotopic (exact) mass is 277 g/mol. The van der Waals surface area contributed by atoms with Gasteiger partial charge in [-0.3, -0.25) is 4.79 Å². The van der Waals surface area contributed by atoms with Crippen LogP contribution < -0.4 is 5.32 Å². The summed E-state index contributed by atoms with van der Waals surface area (Å²) in [6.07, 6.45) is 2.98. The molecule has 19 heavy (non-hydrogen) atoms. The molecule has 0 aliphatic carbocycles. The standard InChI is InChI=1S/C15H19NO2S/c1-2-9-18-10-5-8-15(17)16-13-11-19-14-7-4-3-6-12(13)14/h2-4,6-7,13H,1,5,8-11H2,(H,16,17)/t13-/m1/s1. The highest BCUT2D eigenvalue weighted by Gasteiger charge is 2.23. The summed E-state index contributed by atoms with van der Waals surface area (Å²) in [5.74, 6) is 1.03. The molecule has 2 rings (SSSR count). The van der Waals surface area contributed by atoms with Gasteiger partial charge in [0.15, 0.2) is 0 Å². The lowest BCUT2D eigenvalue weighted by Crippen LogP contribution is -2.28. The quantitative estimate of drug-likeness (QED) is 0.615. The van der Waals surface area contributed by atoms with Gasteiger partial charge in [-0.2, -0.15) is 0 Å². The molecular formula is C15H19NO2S. The Morgan fingerprint density at radius 1 is 1.53 bits per heavy atom. The minimum Gasteiger partial charge on any atom is -0.377 e. The summed E-state index contributed by atoms with van der Waals surface area (Å²) in [4.78, 5) is 13.1. The van der Waals surface area contributed by atoms with Crippen LogP contribution in [-0.4, -0.2) is 24.9 Å². The first-order chi connectivity index (χ1) is 9.31. The predicted octanol–water partition coefficient (Wildman–Crippen LogP) is 2.93. The average molecular weight is 277 g/mol. The maximum absolute atomic E-state index is 11.8. The molecule has 0 aromatic heterocycles. The Balaban J connectivity index is 1.73. The lowest BCUT2D eigenvalue weighted by atomic mass is 10.1. The van der Waals surface area contributed by atoms with Crippen molar-refractivity contribution in [2.75, 3.05) is 19.0 Å². The molecule has 1 amide bonds. The van der Waals surface area contributed by atoms with Gasteiger partial charge < -0.3 is 10.1 Å². The molecule has 0 spiro atoms. The molecule has 0 radical (unpaired) electrons. The Labute approximate surface area is 118 Å². The zero-order valence-electron chi connectivity index (χ0n) is 10.9. The summed E-state index contributed by atoms with van der Waals surface area (Å²) in [5.41, 5.74) is 1.24. The fourth-order valence-electron chi connectivity index (χ4n) is 2.05. The fourth-order valence-corrected chi connectivity index (χ4v) is 3.21. The van der Waals surface area contributed by atoms with Gasteiger partial charge in [0.2, 0.25) is 5.91 Å². The number of fused-ring (bicyclic) bond motifs is 1. The molecule has 0 saturated carbocycles. The number of nitrogens with one attached hydrogen (secondary N) is 1. The molecule has 0 bridgehead atoms. The van der Waals surface area contributed by atoms with E-state index in [1.165, 1.54) is 10.5 Å². The first kappa shape index (κ1) is 14.2. The maximum Gasteiger partial charge on any atom is 0.220 e. The molecule has 1 atom stereocenters. The Morgan fingerprint density at radius 2 is 2.37 bits per heavy atom. The Hall–Kier alpha value is -1.26. The molecule has 1 aliphatic heterocycles. The van der Waals surface area contributed by atoms with Gasteiger partial charge in [0.05, 0.1) is 12.6 Å². The van der Waals surface area contributed by atoms with E-state index in [1.807, 2.05) is 12.1 Å². The van der Waals surface area contributed by atoms with Crippen LogP contribution in [-0.2, 0) is 9.53 Å². The molecule has 4 heteroatoms. The second kappa shape index (κ2) is 7.36.